The van der Waals surface area contributed by atoms with Crippen molar-refractivity contribution in [2.24, 2.45) is 0 Å². The van der Waals surface area contributed by atoms with Crippen molar-refractivity contribution in [2.45, 2.75) is 90.8 Å². The van der Waals surface area contributed by atoms with E-state index in [2.05, 4.69) is 47.7 Å². The van der Waals surface area contributed by atoms with Crippen LogP contribution >= 0.6 is 0 Å². The van der Waals surface area contributed by atoms with Crippen LogP contribution in [0.1, 0.15) is 54.4 Å². The highest BCUT2D eigenvalue weighted by molar-refractivity contribution is 6.74. The molecule has 22 heavy (non-hydrogen) atoms. The average Bonchev–Trinajstić information content (AvgIpc) is 2.66. The molecule has 0 aromatic rings. The van der Waals surface area contributed by atoms with Gasteiger partial charge < -0.3 is 13.9 Å². The number of hydrogen-bond acceptors (Lipinski definition) is 4. The monoisotopic (exact) mass is 328 g/mol. The summed E-state index contributed by atoms with van der Waals surface area (Å²) in [7, 11) is -1.81. The summed E-state index contributed by atoms with van der Waals surface area (Å²) < 4.78 is 16.9. The van der Waals surface area contributed by atoms with E-state index in [1.54, 1.807) is 0 Å². The predicted octanol–water partition coefficient (Wildman–Crippen LogP) is 5.05. The molecule has 3 atom stereocenters. The maximum absolute atomic E-state index is 11.5. The molecule has 0 N–H and O–H groups in total. The normalized spacial score (nSPS) is 24.9. The lowest BCUT2D eigenvalue weighted by atomic mass is 10.0. The van der Waals surface area contributed by atoms with E-state index in [0.29, 0.717) is 6.42 Å². The van der Waals surface area contributed by atoms with E-state index >= 15 is 0 Å². The second-order valence-electron chi connectivity index (χ2n) is 7.78. The zero-order valence-corrected chi connectivity index (χ0v) is 16.4. The average molecular weight is 329 g/mol. The summed E-state index contributed by atoms with van der Waals surface area (Å²) in [5.41, 5.74) is 1.20. The maximum atomic E-state index is 11.5. The molecule has 0 bridgehead atoms. The number of allylic oxidation sites excluding steroid dienone is 1. The maximum Gasteiger partial charge on any atom is 0.509 e. The molecule has 1 fully saturated rings. The highest BCUT2D eigenvalue weighted by Gasteiger charge is 2.41. The fraction of sp³-hybridized carbons (Fsp3) is 0.824. The van der Waals surface area contributed by atoms with Gasteiger partial charge in [-0.15, -0.1) is 0 Å². The highest BCUT2D eigenvalue weighted by Crippen LogP contribution is 2.38. The Hall–Kier alpha value is -0.813. The summed E-state index contributed by atoms with van der Waals surface area (Å²) in [5.74, 6) is 0. The van der Waals surface area contributed by atoms with Crippen LogP contribution in [0.2, 0.25) is 18.1 Å². The van der Waals surface area contributed by atoms with Crippen LogP contribution in [0.15, 0.2) is 11.6 Å². The van der Waals surface area contributed by atoms with Crippen LogP contribution in [-0.4, -0.2) is 32.8 Å². The third-order valence-corrected chi connectivity index (χ3v) is 9.32. The first kappa shape index (κ1) is 19.2. The molecule has 4 nitrogen and oxygen atoms in total. The fourth-order valence-electron chi connectivity index (χ4n) is 2.18. The van der Waals surface area contributed by atoms with Crippen molar-refractivity contribution < 1.29 is 18.7 Å². The first-order chi connectivity index (χ1) is 9.96. The van der Waals surface area contributed by atoms with Crippen molar-refractivity contribution in [2.75, 3.05) is 0 Å². The Morgan fingerprint density at radius 3 is 2.45 bits per heavy atom. The van der Waals surface area contributed by atoms with Crippen LogP contribution in [0.3, 0.4) is 0 Å². The molecule has 1 saturated heterocycles. The topological polar surface area (TPSA) is 44.8 Å². The van der Waals surface area contributed by atoms with Gasteiger partial charge in [0.15, 0.2) is 14.4 Å². The third-order valence-electron chi connectivity index (χ3n) is 4.72. The minimum Gasteiger partial charge on any atom is -0.427 e. The van der Waals surface area contributed by atoms with E-state index < -0.39 is 14.5 Å². The van der Waals surface area contributed by atoms with E-state index in [-0.39, 0.29) is 23.4 Å². The molecule has 0 amide bonds. The van der Waals surface area contributed by atoms with E-state index in [1.807, 2.05) is 13.0 Å². The van der Waals surface area contributed by atoms with E-state index in [9.17, 15) is 4.79 Å². The Morgan fingerprint density at radius 1 is 1.36 bits per heavy atom. The summed E-state index contributed by atoms with van der Waals surface area (Å²) in [6.07, 6.45) is 2.52. The molecule has 128 valence electrons. The smallest absolute Gasteiger partial charge is 0.427 e. The molecule has 1 rings (SSSR count). The van der Waals surface area contributed by atoms with Gasteiger partial charge in [-0.3, -0.25) is 0 Å². The quantitative estimate of drug-likeness (QED) is 0.389. The van der Waals surface area contributed by atoms with Crippen LogP contribution in [0.5, 0.6) is 0 Å². The molecule has 0 spiro atoms. The lowest BCUT2D eigenvalue weighted by Gasteiger charge is -2.38. The van der Waals surface area contributed by atoms with Gasteiger partial charge in [0.05, 0.1) is 0 Å². The van der Waals surface area contributed by atoms with Crippen LogP contribution in [-0.2, 0) is 13.9 Å². The summed E-state index contributed by atoms with van der Waals surface area (Å²) >= 11 is 0. The minimum absolute atomic E-state index is 0.0400. The van der Waals surface area contributed by atoms with E-state index in [1.165, 1.54) is 5.57 Å². The molecular formula is C17H32O4Si. The summed E-state index contributed by atoms with van der Waals surface area (Å²) in [4.78, 5) is 11.5. The van der Waals surface area contributed by atoms with Crippen LogP contribution in [0.25, 0.3) is 0 Å². The molecule has 5 heteroatoms. The van der Waals surface area contributed by atoms with Crippen LogP contribution in [0.4, 0.5) is 4.79 Å². The second kappa shape index (κ2) is 7.17. The number of hydrogen-bond donors (Lipinski definition) is 0. The molecule has 1 aliphatic heterocycles. The fourth-order valence-corrected chi connectivity index (χ4v) is 3.64. The lowest BCUT2D eigenvalue weighted by Crippen LogP contribution is -2.44. The van der Waals surface area contributed by atoms with Gasteiger partial charge in [-0.05, 0) is 44.5 Å². The molecule has 0 aromatic carbocycles. The van der Waals surface area contributed by atoms with Gasteiger partial charge in [-0.1, -0.05) is 33.3 Å². The van der Waals surface area contributed by atoms with Crippen molar-refractivity contribution in [3.8, 4) is 0 Å². The van der Waals surface area contributed by atoms with Gasteiger partial charge >= 0.3 is 6.16 Å². The molecular weight excluding hydrogens is 296 g/mol. The number of ether oxygens (including phenoxy) is 2. The Balaban J connectivity index is 2.70. The Morgan fingerprint density at radius 2 is 1.95 bits per heavy atom. The molecule has 0 aromatic heterocycles. The third kappa shape index (κ3) is 5.13. The van der Waals surface area contributed by atoms with Gasteiger partial charge in [0.2, 0.25) is 0 Å². The SMILES string of the molecule is CC/C(C)=C/[C@@H]1OC(=O)O[C@H]1C[C@H](C)O[Si](C)(C)C(C)(C)C. The Kier molecular flexibility index (Phi) is 6.27. The zero-order valence-electron chi connectivity index (χ0n) is 15.4. The molecule has 0 aliphatic carbocycles. The molecule has 0 radical (unpaired) electrons. The van der Waals surface area contributed by atoms with Crippen molar-refractivity contribution in [3.05, 3.63) is 11.6 Å². The first-order valence-corrected chi connectivity index (χ1v) is 11.1. The zero-order chi connectivity index (χ0) is 17.1. The summed E-state index contributed by atoms with van der Waals surface area (Å²) in [5, 5.41) is 0.169. The Labute approximate surface area is 136 Å². The van der Waals surface area contributed by atoms with Gasteiger partial charge in [0, 0.05) is 12.5 Å². The molecule has 1 aliphatic rings. The van der Waals surface area contributed by atoms with Crippen LogP contribution in [0, 0.1) is 0 Å². The van der Waals surface area contributed by atoms with Crippen molar-refractivity contribution in [1.82, 2.24) is 0 Å². The molecule has 0 unspecified atom stereocenters. The van der Waals surface area contributed by atoms with Crippen molar-refractivity contribution in [1.29, 1.82) is 0 Å². The summed E-state index contributed by atoms with van der Waals surface area (Å²) in [6.45, 7) is 17.3. The predicted molar refractivity (Wildman–Crippen MR) is 91.6 cm³/mol. The number of rotatable bonds is 6. The largest absolute Gasteiger partial charge is 0.509 e. The van der Waals surface area contributed by atoms with Crippen molar-refractivity contribution in [3.63, 3.8) is 0 Å². The van der Waals surface area contributed by atoms with Crippen molar-refractivity contribution >= 4 is 14.5 Å². The molecule has 0 saturated carbocycles. The van der Waals surface area contributed by atoms with E-state index in [4.69, 9.17) is 13.9 Å². The Bertz CT molecular complexity index is 423. The van der Waals surface area contributed by atoms with Gasteiger partial charge in [0.25, 0.3) is 0 Å². The summed E-state index contributed by atoms with van der Waals surface area (Å²) in [6, 6.07) is 0. The number of carbonyl (C=O) groups excluding carboxylic acids is 1. The van der Waals surface area contributed by atoms with Gasteiger partial charge in [-0.2, -0.15) is 0 Å². The number of carbonyl (C=O) groups is 1. The van der Waals surface area contributed by atoms with Crippen LogP contribution < -0.4 is 0 Å². The number of cyclic esters (lactones) is 2. The first-order valence-electron chi connectivity index (χ1n) is 8.18. The standard InChI is InChI=1S/C17H32O4Si/c1-9-12(2)10-14-15(20-16(18)19-14)11-13(3)21-22(7,8)17(4,5)6/h10,13-15H,9,11H2,1-8H3/b12-10+/t13-,14-,15-/m0/s1. The lowest BCUT2D eigenvalue weighted by molar-refractivity contribution is 0.0899. The second-order valence-corrected chi connectivity index (χ2v) is 12.5. The highest BCUT2D eigenvalue weighted by atomic mass is 28.4. The van der Waals surface area contributed by atoms with Gasteiger partial charge in [-0.25, -0.2) is 4.79 Å². The molecule has 1 heterocycles. The minimum atomic E-state index is -1.81. The van der Waals surface area contributed by atoms with E-state index in [0.717, 1.165) is 6.42 Å². The van der Waals surface area contributed by atoms with Gasteiger partial charge in [0.1, 0.15) is 6.10 Å².